The lowest BCUT2D eigenvalue weighted by Gasteiger charge is -2.34. The first-order chi connectivity index (χ1) is 14.2. The Morgan fingerprint density at radius 3 is 2.53 bits per heavy atom. The van der Waals surface area contributed by atoms with E-state index in [4.69, 9.17) is 10.00 Å². The maximum absolute atomic E-state index is 14.0. The van der Waals surface area contributed by atoms with E-state index in [0.717, 1.165) is 12.5 Å². The van der Waals surface area contributed by atoms with Gasteiger partial charge in [-0.05, 0) is 48.6 Å². The Labute approximate surface area is 175 Å². The number of rotatable bonds is 5. The van der Waals surface area contributed by atoms with E-state index in [0.29, 0.717) is 13.1 Å². The average molecular weight is 431 g/mol. The predicted octanol–water partition coefficient (Wildman–Crippen LogP) is 3.72. The predicted molar refractivity (Wildman–Crippen MR) is 108 cm³/mol. The van der Waals surface area contributed by atoms with Gasteiger partial charge in [-0.25, -0.2) is 17.6 Å². The molecule has 8 heteroatoms. The Bertz CT molecular complexity index is 1080. The van der Waals surface area contributed by atoms with Gasteiger partial charge in [0.1, 0.15) is 12.4 Å². The first-order valence-corrected chi connectivity index (χ1v) is 11.1. The lowest BCUT2D eigenvalue weighted by atomic mass is 9.94. The summed E-state index contributed by atoms with van der Waals surface area (Å²) in [6.07, 6.45) is 0.976. The average Bonchev–Trinajstić information content (AvgIpc) is 2.72. The van der Waals surface area contributed by atoms with Crippen LogP contribution in [0, 0.1) is 29.0 Å². The second kappa shape index (κ2) is 8.94. The van der Waals surface area contributed by atoms with Gasteiger partial charge in [-0.15, -0.1) is 0 Å². The zero-order chi connectivity index (χ0) is 21.9. The summed E-state index contributed by atoms with van der Waals surface area (Å²) >= 11 is 0. The third-order valence-corrected chi connectivity index (χ3v) is 6.91. The minimum absolute atomic E-state index is 0.0304. The molecule has 0 spiro atoms. The molecule has 158 valence electrons. The van der Waals surface area contributed by atoms with Gasteiger partial charge in [0, 0.05) is 18.7 Å². The quantitative estimate of drug-likeness (QED) is 0.675. The molecule has 2 unspecified atom stereocenters. The van der Waals surface area contributed by atoms with Gasteiger partial charge in [0.25, 0.3) is 0 Å². The molecule has 6 nitrogen and oxygen atoms in total. The van der Waals surface area contributed by atoms with Crippen molar-refractivity contribution in [2.75, 3.05) is 13.1 Å². The van der Waals surface area contributed by atoms with E-state index in [9.17, 15) is 17.6 Å². The number of ether oxygens (including phenoxy) is 1. The highest BCUT2D eigenvalue weighted by atomic mass is 32.2. The molecule has 0 radical (unpaired) electrons. The van der Waals surface area contributed by atoms with E-state index < -0.39 is 21.8 Å². The highest BCUT2D eigenvalue weighted by molar-refractivity contribution is 7.89. The fourth-order valence-corrected chi connectivity index (χ4v) is 5.42. The first kappa shape index (κ1) is 21.9. The Morgan fingerprint density at radius 2 is 1.90 bits per heavy atom. The van der Waals surface area contributed by atoms with E-state index in [2.05, 4.69) is 0 Å². The lowest BCUT2D eigenvalue weighted by Crippen LogP contribution is -2.42. The van der Waals surface area contributed by atoms with Crippen LogP contribution in [0.4, 0.5) is 4.39 Å². The van der Waals surface area contributed by atoms with Gasteiger partial charge in [0.15, 0.2) is 0 Å². The van der Waals surface area contributed by atoms with Crippen molar-refractivity contribution in [3.05, 3.63) is 65.0 Å². The number of carbonyl (C=O) groups excluding carboxylic acids is 1. The van der Waals surface area contributed by atoms with E-state index in [1.807, 2.05) is 19.9 Å². The summed E-state index contributed by atoms with van der Waals surface area (Å²) in [7, 11) is -3.73. The standard InChI is InChI=1S/C22H23FN2O4S/c1-15-8-16(2)13-25(12-15)30(27,28)20-5-3-4-18(10-20)22(26)29-14-19-7-6-17(11-24)9-21(19)23/h3-7,9-10,15-16H,8,12-14H2,1-2H3. The van der Waals surface area contributed by atoms with Gasteiger partial charge in [-0.3, -0.25) is 0 Å². The number of sulfonamides is 1. The van der Waals surface area contributed by atoms with Crippen molar-refractivity contribution in [2.45, 2.75) is 31.8 Å². The molecular formula is C22H23FN2O4S. The van der Waals surface area contributed by atoms with Gasteiger partial charge in [0.2, 0.25) is 10.0 Å². The van der Waals surface area contributed by atoms with Crippen LogP contribution in [0.15, 0.2) is 47.4 Å². The number of halogens is 1. The molecule has 0 aliphatic carbocycles. The van der Waals surface area contributed by atoms with Crippen LogP contribution in [-0.2, 0) is 21.4 Å². The molecule has 3 rings (SSSR count). The van der Waals surface area contributed by atoms with Crippen LogP contribution < -0.4 is 0 Å². The normalized spacial score (nSPS) is 19.8. The van der Waals surface area contributed by atoms with E-state index in [1.165, 1.54) is 40.7 Å². The maximum Gasteiger partial charge on any atom is 0.338 e. The van der Waals surface area contributed by atoms with Crippen molar-refractivity contribution < 1.29 is 22.3 Å². The van der Waals surface area contributed by atoms with E-state index in [-0.39, 0.29) is 40.0 Å². The Morgan fingerprint density at radius 1 is 1.20 bits per heavy atom. The Balaban J connectivity index is 1.74. The number of esters is 1. The third-order valence-electron chi connectivity index (χ3n) is 5.08. The van der Waals surface area contributed by atoms with Crippen molar-refractivity contribution in [3.8, 4) is 6.07 Å². The molecule has 1 aliphatic heterocycles. The zero-order valence-electron chi connectivity index (χ0n) is 16.8. The van der Waals surface area contributed by atoms with Crippen LogP contribution in [0.1, 0.15) is 41.8 Å². The number of nitriles is 1. The SMILES string of the molecule is CC1CC(C)CN(S(=O)(=O)c2cccc(C(=O)OCc3ccc(C#N)cc3F)c2)C1. The molecule has 1 fully saturated rings. The Kier molecular flexibility index (Phi) is 6.54. The number of piperidine rings is 1. The van der Waals surface area contributed by atoms with Crippen LogP contribution in [-0.4, -0.2) is 31.8 Å². The Hall–Kier alpha value is -2.76. The number of hydrogen-bond acceptors (Lipinski definition) is 5. The van der Waals surface area contributed by atoms with Gasteiger partial charge in [-0.1, -0.05) is 26.0 Å². The molecular weight excluding hydrogens is 407 g/mol. The van der Waals surface area contributed by atoms with Crippen molar-refractivity contribution in [1.29, 1.82) is 5.26 Å². The second-order valence-electron chi connectivity index (χ2n) is 7.79. The van der Waals surface area contributed by atoms with Gasteiger partial charge >= 0.3 is 5.97 Å². The van der Waals surface area contributed by atoms with Crippen LogP contribution in [0.5, 0.6) is 0 Å². The fraction of sp³-hybridized carbons (Fsp3) is 0.364. The lowest BCUT2D eigenvalue weighted by molar-refractivity contribution is 0.0468. The van der Waals surface area contributed by atoms with Crippen molar-refractivity contribution in [1.82, 2.24) is 4.31 Å². The molecule has 0 saturated carbocycles. The van der Waals surface area contributed by atoms with Crippen LogP contribution >= 0.6 is 0 Å². The number of nitrogens with zero attached hydrogens (tertiary/aromatic N) is 2. The molecule has 0 bridgehead atoms. The monoisotopic (exact) mass is 430 g/mol. The van der Waals surface area contributed by atoms with E-state index in [1.54, 1.807) is 0 Å². The van der Waals surface area contributed by atoms with Crippen LogP contribution in [0.2, 0.25) is 0 Å². The fourth-order valence-electron chi connectivity index (χ4n) is 3.70. The molecule has 0 amide bonds. The van der Waals surface area contributed by atoms with Gasteiger partial charge < -0.3 is 4.74 Å². The summed E-state index contributed by atoms with van der Waals surface area (Å²) in [6.45, 7) is 4.61. The molecule has 30 heavy (non-hydrogen) atoms. The summed E-state index contributed by atoms with van der Waals surface area (Å²) in [5.74, 6) is -0.874. The summed E-state index contributed by atoms with van der Waals surface area (Å²) in [5, 5.41) is 8.78. The van der Waals surface area contributed by atoms with Gasteiger partial charge in [0.05, 0.1) is 22.1 Å². The molecule has 1 heterocycles. The summed E-state index contributed by atoms with van der Waals surface area (Å²) in [6, 6.07) is 11.4. The minimum Gasteiger partial charge on any atom is -0.457 e. The number of benzene rings is 2. The van der Waals surface area contributed by atoms with Crippen molar-refractivity contribution in [2.24, 2.45) is 11.8 Å². The summed E-state index contributed by atoms with van der Waals surface area (Å²) < 4.78 is 46.6. The molecule has 0 aromatic heterocycles. The van der Waals surface area contributed by atoms with Gasteiger partial charge in [-0.2, -0.15) is 9.57 Å². The second-order valence-corrected chi connectivity index (χ2v) is 9.73. The maximum atomic E-state index is 14.0. The minimum atomic E-state index is -3.73. The molecule has 2 aromatic carbocycles. The molecule has 1 aliphatic rings. The zero-order valence-corrected chi connectivity index (χ0v) is 17.7. The highest BCUT2D eigenvalue weighted by Crippen LogP contribution is 2.27. The summed E-state index contributed by atoms with van der Waals surface area (Å²) in [4.78, 5) is 12.4. The molecule has 1 saturated heterocycles. The number of carbonyl (C=O) groups is 1. The highest BCUT2D eigenvalue weighted by Gasteiger charge is 2.32. The van der Waals surface area contributed by atoms with Crippen LogP contribution in [0.25, 0.3) is 0 Å². The molecule has 2 aromatic rings. The van der Waals surface area contributed by atoms with Crippen LogP contribution in [0.3, 0.4) is 0 Å². The number of hydrogen-bond donors (Lipinski definition) is 0. The smallest absolute Gasteiger partial charge is 0.338 e. The molecule has 2 atom stereocenters. The van der Waals surface area contributed by atoms with E-state index >= 15 is 0 Å². The largest absolute Gasteiger partial charge is 0.457 e. The summed E-state index contributed by atoms with van der Waals surface area (Å²) in [5.41, 5.74) is 0.368. The van der Waals surface area contributed by atoms with Crippen molar-refractivity contribution >= 4 is 16.0 Å². The molecule has 0 N–H and O–H groups in total. The first-order valence-electron chi connectivity index (χ1n) is 9.66. The van der Waals surface area contributed by atoms with Crippen molar-refractivity contribution in [3.63, 3.8) is 0 Å². The third kappa shape index (κ3) is 4.86. The topological polar surface area (TPSA) is 87.5 Å².